The van der Waals surface area contributed by atoms with E-state index in [1.807, 2.05) is 20.8 Å². The third-order valence-corrected chi connectivity index (χ3v) is 3.96. The van der Waals surface area contributed by atoms with Crippen molar-refractivity contribution in [1.82, 2.24) is 5.32 Å². The number of benzene rings is 1. The number of hydrogen-bond donors (Lipinski definition) is 1. The Labute approximate surface area is 118 Å². The second-order valence-corrected chi connectivity index (χ2v) is 8.20. The van der Waals surface area contributed by atoms with E-state index in [1.165, 1.54) is 6.07 Å². The molecule has 0 fully saturated rings. The molecule has 4 nitrogen and oxygen atoms in total. The molecule has 0 saturated heterocycles. The van der Waals surface area contributed by atoms with E-state index in [-0.39, 0.29) is 21.8 Å². The maximum Gasteiger partial charge on any atom is 0.261 e. The molecule has 19 heavy (non-hydrogen) atoms. The van der Waals surface area contributed by atoms with Crippen LogP contribution in [0.1, 0.15) is 36.7 Å². The van der Waals surface area contributed by atoms with Gasteiger partial charge in [0.2, 0.25) is 0 Å². The first-order valence-electron chi connectivity index (χ1n) is 5.84. The van der Waals surface area contributed by atoms with Crippen LogP contribution in [-0.4, -0.2) is 20.9 Å². The SMILES string of the molecule is Cc1ccc(C(=O)NCC(C)(C)C)cc1S(=O)(=O)Cl. The Morgan fingerprint density at radius 1 is 1.32 bits per heavy atom. The summed E-state index contributed by atoms with van der Waals surface area (Å²) in [5.41, 5.74) is 0.762. The zero-order chi connectivity index (χ0) is 14.8. The Kier molecular flexibility index (Phi) is 4.63. The maximum atomic E-state index is 11.9. The van der Waals surface area contributed by atoms with E-state index < -0.39 is 9.05 Å². The molecule has 0 saturated carbocycles. The lowest BCUT2D eigenvalue weighted by atomic mass is 9.97. The largest absolute Gasteiger partial charge is 0.352 e. The second kappa shape index (κ2) is 5.51. The summed E-state index contributed by atoms with van der Waals surface area (Å²) < 4.78 is 22.8. The van der Waals surface area contributed by atoms with Gasteiger partial charge in [0.1, 0.15) is 0 Å². The highest BCUT2D eigenvalue weighted by atomic mass is 35.7. The van der Waals surface area contributed by atoms with Crippen molar-refractivity contribution in [3.63, 3.8) is 0 Å². The average molecular weight is 304 g/mol. The van der Waals surface area contributed by atoms with E-state index >= 15 is 0 Å². The summed E-state index contributed by atoms with van der Waals surface area (Å²) in [6, 6.07) is 4.45. The lowest BCUT2D eigenvalue weighted by Crippen LogP contribution is -2.32. The topological polar surface area (TPSA) is 63.2 Å². The van der Waals surface area contributed by atoms with Crippen LogP contribution in [0, 0.1) is 12.3 Å². The number of amides is 1. The first-order valence-corrected chi connectivity index (χ1v) is 8.15. The molecular weight excluding hydrogens is 286 g/mol. The average Bonchev–Trinajstić information content (AvgIpc) is 2.24. The van der Waals surface area contributed by atoms with Crippen molar-refractivity contribution < 1.29 is 13.2 Å². The van der Waals surface area contributed by atoms with Crippen molar-refractivity contribution in [3.8, 4) is 0 Å². The molecule has 0 atom stereocenters. The molecule has 106 valence electrons. The molecule has 0 aliphatic carbocycles. The zero-order valence-corrected chi connectivity index (χ0v) is 13.0. The van der Waals surface area contributed by atoms with Crippen LogP contribution in [0.4, 0.5) is 0 Å². The van der Waals surface area contributed by atoms with E-state index in [0.717, 1.165) is 0 Å². The van der Waals surface area contributed by atoms with Crippen LogP contribution in [0.3, 0.4) is 0 Å². The first kappa shape index (κ1) is 16.0. The van der Waals surface area contributed by atoms with Crippen LogP contribution >= 0.6 is 10.7 Å². The van der Waals surface area contributed by atoms with Crippen molar-refractivity contribution in [2.45, 2.75) is 32.6 Å². The quantitative estimate of drug-likeness (QED) is 0.873. The van der Waals surface area contributed by atoms with Gasteiger partial charge < -0.3 is 5.32 Å². The second-order valence-electron chi connectivity index (χ2n) is 5.66. The lowest BCUT2D eigenvalue weighted by molar-refractivity contribution is 0.0939. The van der Waals surface area contributed by atoms with E-state index in [1.54, 1.807) is 19.1 Å². The van der Waals surface area contributed by atoms with Crippen LogP contribution < -0.4 is 5.32 Å². The zero-order valence-electron chi connectivity index (χ0n) is 11.5. The number of aryl methyl sites for hydroxylation is 1. The van der Waals surface area contributed by atoms with Crippen molar-refractivity contribution in [1.29, 1.82) is 0 Å². The van der Waals surface area contributed by atoms with Gasteiger partial charge in [0.05, 0.1) is 4.90 Å². The number of carbonyl (C=O) groups excluding carboxylic acids is 1. The third kappa shape index (κ3) is 4.84. The van der Waals surface area contributed by atoms with Gasteiger partial charge >= 0.3 is 0 Å². The van der Waals surface area contributed by atoms with Crippen molar-refractivity contribution >= 4 is 25.6 Å². The highest BCUT2D eigenvalue weighted by molar-refractivity contribution is 8.13. The Morgan fingerprint density at radius 3 is 2.37 bits per heavy atom. The van der Waals surface area contributed by atoms with Crippen molar-refractivity contribution in [2.75, 3.05) is 6.54 Å². The molecule has 0 spiro atoms. The summed E-state index contributed by atoms with van der Waals surface area (Å²) in [5.74, 6) is -0.309. The lowest BCUT2D eigenvalue weighted by Gasteiger charge is -2.18. The summed E-state index contributed by atoms with van der Waals surface area (Å²) in [6.45, 7) is 8.12. The van der Waals surface area contributed by atoms with E-state index in [4.69, 9.17) is 10.7 Å². The van der Waals surface area contributed by atoms with Gasteiger partial charge in [0.15, 0.2) is 0 Å². The minimum Gasteiger partial charge on any atom is -0.352 e. The van der Waals surface area contributed by atoms with Gasteiger partial charge in [0.25, 0.3) is 15.0 Å². The Hall–Kier alpha value is -1.07. The number of carbonyl (C=O) groups is 1. The highest BCUT2D eigenvalue weighted by Crippen LogP contribution is 2.21. The van der Waals surface area contributed by atoms with E-state index in [2.05, 4.69) is 5.32 Å². The van der Waals surface area contributed by atoms with Crippen LogP contribution in [0.5, 0.6) is 0 Å². The van der Waals surface area contributed by atoms with Crippen LogP contribution in [-0.2, 0) is 9.05 Å². The molecule has 1 N–H and O–H groups in total. The van der Waals surface area contributed by atoms with Gasteiger partial charge in [-0.3, -0.25) is 4.79 Å². The molecule has 1 amide bonds. The van der Waals surface area contributed by atoms with Gasteiger partial charge in [-0.25, -0.2) is 8.42 Å². The van der Waals surface area contributed by atoms with Gasteiger partial charge in [-0.05, 0) is 30.0 Å². The normalized spacial score (nSPS) is 12.3. The Morgan fingerprint density at radius 2 is 1.89 bits per heavy atom. The fraction of sp³-hybridized carbons (Fsp3) is 0.462. The summed E-state index contributed by atoms with van der Waals surface area (Å²) >= 11 is 0. The number of rotatable bonds is 3. The minimum atomic E-state index is -3.84. The standard InChI is InChI=1S/C13H18ClNO3S/c1-9-5-6-10(7-11(9)19(14,17)18)12(16)15-8-13(2,3)4/h5-7H,8H2,1-4H3,(H,15,16). The van der Waals surface area contributed by atoms with Crippen LogP contribution in [0.2, 0.25) is 0 Å². The van der Waals surface area contributed by atoms with Gasteiger partial charge in [-0.15, -0.1) is 0 Å². The van der Waals surface area contributed by atoms with Crippen molar-refractivity contribution in [2.24, 2.45) is 5.41 Å². The molecule has 0 heterocycles. The minimum absolute atomic E-state index is 0.0300. The predicted octanol–water partition coefficient (Wildman–Crippen LogP) is 2.70. The van der Waals surface area contributed by atoms with Crippen LogP contribution in [0.25, 0.3) is 0 Å². The Bertz CT molecular complexity index is 588. The Balaban J connectivity index is 3.00. The fourth-order valence-corrected chi connectivity index (χ4v) is 2.67. The van der Waals surface area contributed by atoms with Crippen LogP contribution in [0.15, 0.2) is 23.1 Å². The molecule has 0 unspecified atom stereocenters. The predicted molar refractivity (Wildman–Crippen MR) is 76.0 cm³/mol. The molecule has 1 aromatic carbocycles. The summed E-state index contributed by atoms with van der Waals surface area (Å²) in [6.07, 6.45) is 0. The summed E-state index contributed by atoms with van der Waals surface area (Å²) in [4.78, 5) is 11.9. The monoisotopic (exact) mass is 303 g/mol. The smallest absolute Gasteiger partial charge is 0.261 e. The molecular formula is C13H18ClNO3S. The maximum absolute atomic E-state index is 11.9. The van der Waals surface area contributed by atoms with E-state index in [0.29, 0.717) is 12.1 Å². The van der Waals surface area contributed by atoms with Gasteiger partial charge in [0, 0.05) is 22.8 Å². The van der Waals surface area contributed by atoms with Gasteiger partial charge in [-0.2, -0.15) is 0 Å². The van der Waals surface area contributed by atoms with E-state index in [9.17, 15) is 13.2 Å². The number of nitrogens with one attached hydrogen (secondary N) is 1. The summed E-state index contributed by atoms with van der Waals surface area (Å²) in [7, 11) is 1.49. The number of halogens is 1. The molecule has 0 aliphatic heterocycles. The fourth-order valence-electron chi connectivity index (χ4n) is 1.45. The molecule has 0 aromatic heterocycles. The molecule has 6 heteroatoms. The molecule has 1 aromatic rings. The molecule has 0 bridgehead atoms. The third-order valence-electron chi connectivity index (χ3n) is 2.49. The van der Waals surface area contributed by atoms with Crippen molar-refractivity contribution in [3.05, 3.63) is 29.3 Å². The molecule has 0 radical (unpaired) electrons. The van der Waals surface area contributed by atoms with Gasteiger partial charge in [-0.1, -0.05) is 26.8 Å². The molecule has 0 aliphatic rings. The first-order chi connectivity index (χ1) is 8.50. The summed E-state index contributed by atoms with van der Waals surface area (Å²) in [5, 5.41) is 2.76. The number of hydrogen-bond acceptors (Lipinski definition) is 3. The highest BCUT2D eigenvalue weighted by Gasteiger charge is 2.18. The molecule has 1 rings (SSSR count).